The van der Waals surface area contributed by atoms with Crippen LogP contribution in [0.5, 0.6) is 11.5 Å². The maximum Gasteiger partial charge on any atom is 0.180 e. The Kier molecular flexibility index (Phi) is 7.82. The highest BCUT2D eigenvalue weighted by molar-refractivity contribution is 6.32. The van der Waals surface area contributed by atoms with Gasteiger partial charge < -0.3 is 14.8 Å². The van der Waals surface area contributed by atoms with E-state index in [1.54, 1.807) is 0 Å². The fourth-order valence-electron chi connectivity index (χ4n) is 3.02. The van der Waals surface area contributed by atoms with E-state index in [0.29, 0.717) is 41.3 Å². The fourth-order valence-corrected chi connectivity index (χ4v) is 3.50. The van der Waals surface area contributed by atoms with E-state index in [9.17, 15) is 0 Å². The third kappa shape index (κ3) is 5.89. The molecule has 3 aromatic rings. The van der Waals surface area contributed by atoms with Gasteiger partial charge in [-0.3, -0.25) is 0 Å². The Hall–Kier alpha value is -2.20. The molecule has 29 heavy (non-hydrogen) atoms. The van der Waals surface area contributed by atoms with Crippen molar-refractivity contribution in [3.8, 4) is 11.5 Å². The second kappa shape index (κ2) is 10.5. The molecule has 1 N–H and O–H groups in total. The summed E-state index contributed by atoms with van der Waals surface area (Å²) in [5, 5.41) is 4.71. The third-order valence-corrected chi connectivity index (χ3v) is 5.26. The van der Waals surface area contributed by atoms with Gasteiger partial charge in [-0.25, -0.2) is 0 Å². The quantitative estimate of drug-likeness (QED) is 0.404. The molecule has 0 aliphatic carbocycles. The molecule has 0 aliphatic rings. The van der Waals surface area contributed by atoms with E-state index in [0.717, 1.165) is 11.1 Å². The van der Waals surface area contributed by atoms with Crippen LogP contribution in [-0.4, -0.2) is 6.61 Å². The van der Waals surface area contributed by atoms with Gasteiger partial charge in [-0.1, -0.05) is 71.7 Å². The van der Waals surface area contributed by atoms with Crippen molar-refractivity contribution in [1.29, 1.82) is 0 Å². The SMILES string of the molecule is CCOc1cc(CN[C@@H](C)c2ccccc2)cc(Cl)c1OCc1ccccc1Cl. The van der Waals surface area contributed by atoms with Gasteiger partial charge >= 0.3 is 0 Å². The number of hydrogen-bond donors (Lipinski definition) is 1. The second-order valence-electron chi connectivity index (χ2n) is 6.73. The molecule has 3 rings (SSSR count). The number of nitrogens with one attached hydrogen (secondary N) is 1. The number of benzene rings is 3. The lowest BCUT2D eigenvalue weighted by atomic mass is 10.1. The molecule has 5 heteroatoms. The first-order valence-electron chi connectivity index (χ1n) is 9.68. The summed E-state index contributed by atoms with van der Waals surface area (Å²) >= 11 is 12.8. The smallest absolute Gasteiger partial charge is 0.180 e. The van der Waals surface area contributed by atoms with Gasteiger partial charge in [0.2, 0.25) is 0 Å². The van der Waals surface area contributed by atoms with Gasteiger partial charge in [0.05, 0.1) is 11.6 Å². The number of halogens is 2. The molecular formula is C24H25Cl2NO2. The average molecular weight is 430 g/mol. The predicted octanol–water partition coefficient (Wildman–Crippen LogP) is 6.82. The van der Waals surface area contributed by atoms with Gasteiger partial charge in [0.25, 0.3) is 0 Å². The van der Waals surface area contributed by atoms with E-state index < -0.39 is 0 Å². The Bertz CT molecular complexity index is 931. The normalized spacial score (nSPS) is 11.9. The molecule has 0 radical (unpaired) electrons. The highest BCUT2D eigenvalue weighted by Gasteiger charge is 2.14. The van der Waals surface area contributed by atoms with Crippen LogP contribution in [0.1, 0.15) is 36.6 Å². The average Bonchev–Trinajstić information content (AvgIpc) is 2.73. The maximum absolute atomic E-state index is 6.54. The zero-order valence-corrected chi connectivity index (χ0v) is 18.1. The zero-order chi connectivity index (χ0) is 20.6. The second-order valence-corrected chi connectivity index (χ2v) is 7.55. The molecule has 0 bridgehead atoms. The van der Waals surface area contributed by atoms with Crippen LogP contribution in [0.25, 0.3) is 0 Å². The highest BCUT2D eigenvalue weighted by Crippen LogP contribution is 2.37. The van der Waals surface area contributed by atoms with Crippen molar-refractivity contribution in [1.82, 2.24) is 5.32 Å². The molecule has 0 aliphatic heterocycles. The Morgan fingerprint density at radius 1 is 0.897 bits per heavy atom. The lowest BCUT2D eigenvalue weighted by molar-refractivity contribution is 0.269. The van der Waals surface area contributed by atoms with Crippen LogP contribution < -0.4 is 14.8 Å². The van der Waals surface area contributed by atoms with Crippen LogP contribution >= 0.6 is 23.2 Å². The molecule has 0 amide bonds. The van der Waals surface area contributed by atoms with E-state index >= 15 is 0 Å². The van der Waals surface area contributed by atoms with E-state index in [-0.39, 0.29) is 6.04 Å². The molecule has 1 atom stereocenters. The summed E-state index contributed by atoms with van der Waals surface area (Å²) in [7, 11) is 0. The first kappa shape index (κ1) is 21.5. The molecule has 0 spiro atoms. The molecule has 0 saturated heterocycles. The summed E-state index contributed by atoms with van der Waals surface area (Å²) in [4.78, 5) is 0. The first-order chi connectivity index (χ1) is 14.1. The first-order valence-corrected chi connectivity index (χ1v) is 10.4. The van der Waals surface area contributed by atoms with Crippen molar-refractivity contribution in [3.63, 3.8) is 0 Å². The van der Waals surface area contributed by atoms with Gasteiger partial charge in [0, 0.05) is 23.2 Å². The van der Waals surface area contributed by atoms with E-state index in [1.165, 1.54) is 5.56 Å². The molecule has 0 aromatic heterocycles. The largest absolute Gasteiger partial charge is 0.490 e. The van der Waals surface area contributed by atoms with E-state index in [4.69, 9.17) is 32.7 Å². The maximum atomic E-state index is 6.54. The van der Waals surface area contributed by atoms with Crippen LogP contribution in [0.15, 0.2) is 66.7 Å². The predicted molar refractivity (Wildman–Crippen MR) is 120 cm³/mol. The minimum Gasteiger partial charge on any atom is -0.490 e. The summed E-state index contributed by atoms with van der Waals surface area (Å²) in [5.41, 5.74) is 3.17. The topological polar surface area (TPSA) is 30.5 Å². The van der Waals surface area contributed by atoms with E-state index in [2.05, 4.69) is 24.4 Å². The highest BCUT2D eigenvalue weighted by atomic mass is 35.5. The Morgan fingerprint density at radius 3 is 2.34 bits per heavy atom. The molecule has 0 heterocycles. The monoisotopic (exact) mass is 429 g/mol. The Morgan fingerprint density at radius 2 is 1.62 bits per heavy atom. The summed E-state index contributed by atoms with van der Waals surface area (Å²) in [5.74, 6) is 1.17. The molecule has 152 valence electrons. The summed E-state index contributed by atoms with van der Waals surface area (Å²) in [6.45, 7) is 5.59. The molecular weight excluding hydrogens is 405 g/mol. The Labute approximate surface area is 182 Å². The minimum absolute atomic E-state index is 0.224. The molecule has 3 aromatic carbocycles. The summed E-state index contributed by atoms with van der Waals surface area (Å²) < 4.78 is 11.8. The van der Waals surface area contributed by atoms with Crippen molar-refractivity contribution >= 4 is 23.2 Å². The zero-order valence-electron chi connectivity index (χ0n) is 16.6. The fraction of sp³-hybridized carbons (Fsp3) is 0.250. The molecule has 0 fully saturated rings. The van der Waals surface area contributed by atoms with Gasteiger partial charge in [-0.05, 0) is 43.2 Å². The van der Waals surface area contributed by atoms with E-state index in [1.807, 2.05) is 61.5 Å². The van der Waals surface area contributed by atoms with Crippen LogP contribution in [0.2, 0.25) is 10.0 Å². The van der Waals surface area contributed by atoms with Crippen molar-refractivity contribution in [2.24, 2.45) is 0 Å². The minimum atomic E-state index is 0.224. The number of ether oxygens (including phenoxy) is 2. The van der Waals surface area contributed by atoms with Gasteiger partial charge in [-0.2, -0.15) is 0 Å². The molecule has 0 saturated carbocycles. The van der Waals surface area contributed by atoms with Crippen molar-refractivity contribution in [2.75, 3.05) is 6.61 Å². The van der Waals surface area contributed by atoms with Crippen LogP contribution in [-0.2, 0) is 13.2 Å². The lowest BCUT2D eigenvalue weighted by Crippen LogP contribution is -2.18. The summed E-state index contributed by atoms with van der Waals surface area (Å²) in [6, 6.07) is 22.0. The van der Waals surface area contributed by atoms with Crippen molar-refractivity contribution < 1.29 is 9.47 Å². The third-order valence-electron chi connectivity index (χ3n) is 4.61. The number of rotatable bonds is 9. The van der Waals surface area contributed by atoms with Gasteiger partial charge in [0.1, 0.15) is 6.61 Å². The van der Waals surface area contributed by atoms with Gasteiger partial charge in [-0.15, -0.1) is 0 Å². The molecule has 0 unspecified atom stereocenters. The van der Waals surface area contributed by atoms with Crippen LogP contribution in [0.3, 0.4) is 0 Å². The van der Waals surface area contributed by atoms with Crippen molar-refractivity contribution in [2.45, 2.75) is 33.0 Å². The number of hydrogen-bond acceptors (Lipinski definition) is 3. The van der Waals surface area contributed by atoms with Crippen molar-refractivity contribution in [3.05, 3.63) is 93.5 Å². The lowest BCUT2D eigenvalue weighted by Gasteiger charge is -2.18. The Balaban J connectivity index is 1.72. The standard InChI is InChI=1S/C24H25Cl2NO2/c1-3-28-23-14-18(15-27-17(2)19-9-5-4-6-10-19)13-22(26)24(23)29-16-20-11-7-8-12-21(20)25/h4-14,17,27H,3,15-16H2,1-2H3/t17-/m0/s1. The summed E-state index contributed by atoms with van der Waals surface area (Å²) in [6.07, 6.45) is 0. The van der Waals surface area contributed by atoms with Gasteiger partial charge in [0.15, 0.2) is 11.5 Å². The van der Waals surface area contributed by atoms with Crippen LogP contribution in [0.4, 0.5) is 0 Å². The molecule has 3 nitrogen and oxygen atoms in total. The van der Waals surface area contributed by atoms with Crippen LogP contribution in [0, 0.1) is 0 Å².